The predicted octanol–water partition coefficient (Wildman–Crippen LogP) is 5.18. The van der Waals surface area contributed by atoms with Crippen molar-refractivity contribution in [3.05, 3.63) is 64.7 Å². The van der Waals surface area contributed by atoms with Gasteiger partial charge in [-0.3, -0.25) is 4.90 Å². The molecule has 0 spiro atoms. The molecule has 1 heterocycles. The zero-order valence-electron chi connectivity index (χ0n) is 25.0. The van der Waals surface area contributed by atoms with Crippen LogP contribution in [-0.2, 0) is 6.42 Å². The molecule has 1 atom stereocenters. The van der Waals surface area contributed by atoms with Crippen LogP contribution >= 0.6 is 0 Å². The molecular weight excluding hydrogens is 566 g/mol. The van der Waals surface area contributed by atoms with Crippen molar-refractivity contribution in [3.8, 4) is 28.7 Å². The van der Waals surface area contributed by atoms with E-state index in [0.717, 1.165) is 56.1 Å². The van der Waals surface area contributed by atoms with E-state index in [1.807, 2.05) is 25.1 Å². The summed E-state index contributed by atoms with van der Waals surface area (Å²) < 4.78 is 28.5. The lowest BCUT2D eigenvalue weighted by Crippen LogP contribution is -2.33. The minimum absolute atomic E-state index is 0.135. The number of aryl methyl sites for hydroxylation is 1. The van der Waals surface area contributed by atoms with E-state index in [9.17, 15) is 0 Å². The van der Waals surface area contributed by atoms with Crippen LogP contribution in [0.5, 0.6) is 28.7 Å². The quantitative estimate of drug-likeness (QED) is 0.0580. The number of ether oxygens (including phenoxy) is 5. The SMILES string of the molecule is COc1cc2cc(C3c4cc(OC(N=N)=NN)c(OC(N=N)=NN)cc4CCN3C)c3cc(OC)c(OC)cc3c2cc1C. The lowest BCUT2D eigenvalue weighted by Gasteiger charge is -2.36. The molecular formula is C30H33N9O5. The highest BCUT2D eigenvalue weighted by atomic mass is 16.5. The normalized spacial score (nSPS) is 15.5. The molecule has 1 unspecified atom stereocenters. The third-order valence-corrected chi connectivity index (χ3v) is 7.79. The molecule has 228 valence electrons. The van der Waals surface area contributed by atoms with Gasteiger partial charge in [-0.25, -0.2) is 0 Å². The van der Waals surface area contributed by atoms with Gasteiger partial charge in [-0.2, -0.15) is 11.1 Å². The Kier molecular flexibility index (Phi) is 8.44. The van der Waals surface area contributed by atoms with E-state index in [-0.39, 0.29) is 23.6 Å². The molecule has 14 nitrogen and oxygen atoms in total. The first-order valence-electron chi connectivity index (χ1n) is 13.5. The van der Waals surface area contributed by atoms with E-state index >= 15 is 0 Å². The number of methoxy groups -OCH3 is 3. The second-order valence-corrected chi connectivity index (χ2v) is 10.1. The molecule has 14 heteroatoms. The van der Waals surface area contributed by atoms with Crippen LogP contribution in [0.15, 0.2) is 62.9 Å². The Morgan fingerprint density at radius 2 is 1.32 bits per heavy atom. The molecule has 0 fully saturated rings. The number of nitrogens with zero attached hydrogens (tertiary/aromatic N) is 5. The molecule has 0 saturated heterocycles. The van der Waals surface area contributed by atoms with Crippen molar-refractivity contribution in [2.45, 2.75) is 19.4 Å². The molecule has 4 aromatic rings. The summed E-state index contributed by atoms with van der Waals surface area (Å²) in [7, 11) is 6.94. The molecule has 4 aromatic carbocycles. The zero-order chi connectivity index (χ0) is 31.5. The number of likely N-dealkylation sites (N-methyl/N-ethyl adjacent to an activating group) is 1. The third-order valence-electron chi connectivity index (χ3n) is 7.79. The van der Waals surface area contributed by atoms with Gasteiger partial charge in [-0.05, 0) is 107 Å². The summed E-state index contributed by atoms with van der Waals surface area (Å²) in [5.41, 5.74) is 18.6. The van der Waals surface area contributed by atoms with Gasteiger partial charge in [0, 0.05) is 6.54 Å². The molecule has 0 radical (unpaired) electrons. The Bertz CT molecular complexity index is 1840. The summed E-state index contributed by atoms with van der Waals surface area (Å²) in [4.78, 5) is 2.24. The van der Waals surface area contributed by atoms with Crippen molar-refractivity contribution in [3.63, 3.8) is 0 Å². The van der Waals surface area contributed by atoms with Crippen molar-refractivity contribution in [2.75, 3.05) is 34.9 Å². The number of nitrogens with one attached hydrogen (secondary N) is 2. The molecule has 0 saturated carbocycles. The van der Waals surface area contributed by atoms with Gasteiger partial charge < -0.3 is 35.4 Å². The molecule has 6 N–H and O–H groups in total. The van der Waals surface area contributed by atoms with Gasteiger partial charge in [0.25, 0.3) is 0 Å². The van der Waals surface area contributed by atoms with Crippen molar-refractivity contribution in [1.82, 2.24) is 4.90 Å². The Hall–Kier alpha value is -5.50. The minimum Gasteiger partial charge on any atom is -0.496 e. The maximum absolute atomic E-state index is 7.39. The second-order valence-electron chi connectivity index (χ2n) is 10.1. The lowest BCUT2D eigenvalue weighted by atomic mass is 9.84. The smallest absolute Gasteiger partial charge is 0.357 e. The first-order chi connectivity index (χ1) is 21.3. The van der Waals surface area contributed by atoms with Crippen molar-refractivity contribution >= 4 is 33.6 Å². The number of fused-ring (bicyclic) bond motifs is 4. The molecule has 0 amide bonds. The number of rotatable bonds is 6. The van der Waals surface area contributed by atoms with Crippen molar-refractivity contribution in [2.24, 2.45) is 32.1 Å². The van der Waals surface area contributed by atoms with Gasteiger partial charge in [0.1, 0.15) is 5.75 Å². The number of benzene rings is 4. The fraction of sp³-hybridized carbons (Fsp3) is 0.267. The monoisotopic (exact) mass is 599 g/mol. The van der Waals surface area contributed by atoms with Crippen LogP contribution in [0.2, 0.25) is 0 Å². The zero-order valence-corrected chi connectivity index (χ0v) is 25.0. The number of nitrogens with two attached hydrogens (primary N) is 2. The van der Waals surface area contributed by atoms with Gasteiger partial charge >= 0.3 is 12.0 Å². The summed E-state index contributed by atoms with van der Waals surface area (Å²) in [6, 6.07) is 12.8. The number of amidine groups is 2. The van der Waals surface area contributed by atoms with Crippen LogP contribution in [0, 0.1) is 18.0 Å². The van der Waals surface area contributed by atoms with Crippen LogP contribution in [0.1, 0.15) is 28.3 Å². The summed E-state index contributed by atoms with van der Waals surface area (Å²) >= 11 is 0. The molecule has 0 aliphatic carbocycles. The standard InChI is InChI=1S/C30H33N9O5/c1-15-8-18-17(11-23(15)40-3)9-22(21-14-25(42-5)24(41-4)13-20(18)21)28-19-12-27(44-30(37-33)38-34)26(43-29(35-31)36-32)10-16(19)6-7-39(28)2/h8-14,28,31,33H,6-7,32,34H2,1-5H3. The van der Waals surface area contributed by atoms with Gasteiger partial charge in [0.15, 0.2) is 23.0 Å². The molecule has 0 aromatic heterocycles. The Labute approximate surface area is 253 Å². The average molecular weight is 600 g/mol. The van der Waals surface area contributed by atoms with E-state index in [1.54, 1.807) is 33.5 Å². The first-order valence-corrected chi connectivity index (χ1v) is 13.5. The number of hydrogen-bond donors (Lipinski definition) is 4. The molecule has 0 bridgehead atoms. The van der Waals surface area contributed by atoms with E-state index in [4.69, 9.17) is 46.4 Å². The molecule has 1 aliphatic rings. The molecule has 1 aliphatic heterocycles. The Balaban J connectivity index is 1.82. The van der Waals surface area contributed by atoms with Gasteiger partial charge in [-0.15, -0.1) is 10.2 Å². The highest BCUT2D eigenvalue weighted by Crippen LogP contribution is 2.46. The van der Waals surface area contributed by atoms with Crippen LogP contribution in [0.25, 0.3) is 21.5 Å². The highest BCUT2D eigenvalue weighted by molar-refractivity contribution is 6.11. The van der Waals surface area contributed by atoms with Crippen LogP contribution in [0.3, 0.4) is 0 Å². The van der Waals surface area contributed by atoms with Crippen LogP contribution in [0.4, 0.5) is 0 Å². The fourth-order valence-electron chi connectivity index (χ4n) is 5.76. The largest absolute Gasteiger partial charge is 0.496 e. The summed E-state index contributed by atoms with van der Waals surface area (Å²) in [5.74, 6) is 13.0. The van der Waals surface area contributed by atoms with E-state index in [2.05, 4.69) is 44.5 Å². The van der Waals surface area contributed by atoms with Crippen LogP contribution < -0.4 is 35.4 Å². The third kappa shape index (κ3) is 5.26. The van der Waals surface area contributed by atoms with Gasteiger partial charge in [0.05, 0.1) is 27.4 Å². The molecule has 44 heavy (non-hydrogen) atoms. The number of hydrazone groups is 2. The van der Waals surface area contributed by atoms with Gasteiger partial charge in [0.2, 0.25) is 0 Å². The lowest BCUT2D eigenvalue weighted by molar-refractivity contribution is 0.265. The first kappa shape index (κ1) is 30.0. The molecule has 5 rings (SSSR count). The minimum atomic E-state index is -0.403. The highest BCUT2D eigenvalue weighted by Gasteiger charge is 2.31. The van der Waals surface area contributed by atoms with E-state index < -0.39 is 6.02 Å². The fourth-order valence-corrected chi connectivity index (χ4v) is 5.76. The number of hydrogen-bond acceptors (Lipinski definition) is 12. The van der Waals surface area contributed by atoms with Crippen molar-refractivity contribution < 1.29 is 23.7 Å². The summed E-state index contributed by atoms with van der Waals surface area (Å²) in [5, 5.41) is 17.3. The second kappa shape index (κ2) is 12.4. The van der Waals surface area contributed by atoms with E-state index in [0.29, 0.717) is 17.9 Å². The summed E-state index contributed by atoms with van der Waals surface area (Å²) in [6.45, 7) is 2.74. The maximum Gasteiger partial charge on any atom is 0.357 e. The van der Waals surface area contributed by atoms with Gasteiger partial charge in [-0.1, -0.05) is 10.2 Å². The predicted molar refractivity (Wildman–Crippen MR) is 165 cm³/mol. The summed E-state index contributed by atoms with van der Waals surface area (Å²) in [6.07, 6.45) is 0.683. The topological polar surface area (TPSA) is 199 Å². The Morgan fingerprint density at radius 3 is 1.89 bits per heavy atom. The maximum atomic E-state index is 7.39. The average Bonchev–Trinajstić information content (AvgIpc) is 3.05. The van der Waals surface area contributed by atoms with Crippen LogP contribution in [-0.4, -0.2) is 51.9 Å². The Morgan fingerprint density at radius 1 is 0.727 bits per heavy atom. The van der Waals surface area contributed by atoms with Crippen molar-refractivity contribution in [1.29, 1.82) is 11.1 Å². The van der Waals surface area contributed by atoms with E-state index in [1.165, 1.54) is 0 Å².